The van der Waals surface area contributed by atoms with E-state index in [1.54, 1.807) is 6.92 Å². The van der Waals surface area contributed by atoms with Gasteiger partial charge in [0.1, 0.15) is 0 Å². The molecule has 0 saturated carbocycles. The Balaban J connectivity index is 2.16. The molecular formula is C10H10N2O3S. The molecule has 0 aromatic carbocycles. The van der Waals surface area contributed by atoms with Gasteiger partial charge in [0.25, 0.3) is 5.89 Å². The summed E-state index contributed by atoms with van der Waals surface area (Å²) in [5, 5.41) is 18.3. The first kappa shape index (κ1) is 10.8. The van der Waals surface area contributed by atoms with Crippen molar-refractivity contribution < 1.29 is 14.3 Å². The number of hydrogen-bond acceptors (Lipinski definition) is 5. The highest BCUT2D eigenvalue weighted by Crippen LogP contribution is 2.26. The third kappa shape index (κ3) is 2.27. The Labute approximate surface area is 95.7 Å². The van der Waals surface area contributed by atoms with Crippen LogP contribution in [0.15, 0.2) is 21.9 Å². The maximum Gasteiger partial charge on any atom is 0.304 e. The van der Waals surface area contributed by atoms with E-state index < -0.39 is 5.97 Å². The van der Waals surface area contributed by atoms with Crippen molar-refractivity contribution in [2.75, 3.05) is 0 Å². The second kappa shape index (κ2) is 4.44. The zero-order valence-electron chi connectivity index (χ0n) is 8.58. The number of carboxylic acids is 1. The number of aliphatic carboxylic acids is 1. The number of rotatable bonds is 4. The average molecular weight is 238 g/mol. The second-order valence-corrected chi connectivity index (χ2v) is 4.37. The van der Waals surface area contributed by atoms with E-state index in [1.807, 2.05) is 17.5 Å². The molecule has 0 bridgehead atoms. The molecule has 2 heterocycles. The minimum Gasteiger partial charge on any atom is -0.481 e. The normalized spacial score (nSPS) is 12.6. The van der Waals surface area contributed by atoms with E-state index >= 15 is 0 Å². The fourth-order valence-corrected chi connectivity index (χ4v) is 1.93. The molecule has 1 unspecified atom stereocenters. The summed E-state index contributed by atoms with van der Waals surface area (Å²) >= 11 is 1.50. The topological polar surface area (TPSA) is 76.2 Å². The van der Waals surface area contributed by atoms with Gasteiger partial charge >= 0.3 is 5.97 Å². The molecule has 2 aromatic heterocycles. The maximum absolute atomic E-state index is 10.5. The van der Waals surface area contributed by atoms with Gasteiger partial charge in [0.2, 0.25) is 5.89 Å². The molecule has 1 atom stereocenters. The van der Waals surface area contributed by atoms with E-state index in [9.17, 15) is 4.79 Å². The first-order chi connectivity index (χ1) is 7.66. The Morgan fingerprint density at radius 3 is 3.06 bits per heavy atom. The predicted octanol–water partition coefficient (Wildman–Crippen LogP) is 2.38. The molecule has 2 rings (SSSR count). The van der Waals surface area contributed by atoms with E-state index in [4.69, 9.17) is 9.52 Å². The van der Waals surface area contributed by atoms with Crippen molar-refractivity contribution in [1.82, 2.24) is 10.2 Å². The average Bonchev–Trinajstić information content (AvgIpc) is 2.87. The monoisotopic (exact) mass is 238 g/mol. The molecule has 84 valence electrons. The molecule has 2 aromatic rings. The van der Waals surface area contributed by atoms with Gasteiger partial charge in [-0.2, -0.15) is 0 Å². The molecule has 1 N–H and O–H groups in total. The van der Waals surface area contributed by atoms with Gasteiger partial charge in [0.05, 0.1) is 11.3 Å². The van der Waals surface area contributed by atoms with E-state index in [-0.39, 0.29) is 12.3 Å². The highest BCUT2D eigenvalue weighted by molar-refractivity contribution is 7.13. The molecule has 6 heteroatoms. The lowest BCUT2D eigenvalue weighted by Crippen LogP contribution is -2.02. The highest BCUT2D eigenvalue weighted by atomic mass is 32.1. The highest BCUT2D eigenvalue weighted by Gasteiger charge is 2.17. The van der Waals surface area contributed by atoms with Crippen LogP contribution in [0.2, 0.25) is 0 Å². The molecule has 0 spiro atoms. The van der Waals surface area contributed by atoms with Gasteiger partial charge in [-0.25, -0.2) is 0 Å². The Morgan fingerprint density at radius 2 is 2.44 bits per heavy atom. The summed E-state index contributed by atoms with van der Waals surface area (Å²) in [6.45, 7) is 1.75. The molecule has 0 aliphatic carbocycles. The van der Waals surface area contributed by atoms with Crippen molar-refractivity contribution in [3.8, 4) is 10.8 Å². The summed E-state index contributed by atoms with van der Waals surface area (Å²) in [5.41, 5.74) is 0. The van der Waals surface area contributed by atoms with Crippen LogP contribution in [0.3, 0.4) is 0 Å². The van der Waals surface area contributed by atoms with Crippen molar-refractivity contribution in [1.29, 1.82) is 0 Å². The van der Waals surface area contributed by atoms with Crippen molar-refractivity contribution in [3.05, 3.63) is 23.4 Å². The van der Waals surface area contributed by atoms with E-state index in [0.717, 1.165) is 4.88 Å². The van der Waals surface area contributed by atoms with Crippen LogP contribution < -0.4 is 0 Å². The molecule has 0 fully saturated rings. The smallest absolute Gasteiger partial charge is 0.304 e. The van der Waals surface area contributed by atoms with Crippen LogP contribution in [-0.2, 0) is 4.79 Å². The Morgan fingerprint density at radius 1 is 1.62 bits per heavy atom. The molecule has 0 aliphatic rings. The molecule has 0 radical (unpaired) electrons. The third-order valence-corrected chi connectivity index (χ3v) is 2.93. The fraction of sp³-hybridized carbons (Fsp3) is 0.300. The summed E-state index contributed by atoms with van der Waals surface area (Å²) < 4.78 is 5.42. The van der Waals surface area contributed by atoms with Gasteiger partial charge in [-0.05, 0) is 11.4 Å². The molecule has 0 aliphatic heterocycles. The van der Waals surface area contributed by atoms with Crippen molar-refractivity contribution in [3.63, 3.8) is 0 Å². The predicted molar refractivity (Wildman–Crippen MR) is 58.3 cm³/mol. The zero-order valence-corrected chi connectivity index (χ0v) is 9.40. The minimum absolute atomic E-state index is 0.00786. The Kier molecular flexibility index (Phi) is 3.00. The molecule has 16 heavy (non-hydrogen) atoms. The van der Waals surface area contributed by atoms with Gasteiger partial charge in [-0.15, -0.1) is 21.5 Å². The maximum atomic E-state index is 10.5. The summed E-state index contributed by atoms with van der Waals surface area (Å²) in [7, 11) is 0. The van der Waals surface area contributed by atoms with Crippen molar-refractivity contribution in [2.45, 2.75) is 19.3 Å². The quantitative estimate of drug-likeness (QED) is 0.884. The lowest BCUT2D eigenvalue weighted by atomic mass is 10.1. The van der Waals surface area contributed by atoms with Crippen LogP contribution in [0, 0.1) is 0 Å². The van der Waals surface area contributed by atoms with Gasteiger partial charge in [0, 0.05) is 5.92 Å². The summed E-state index contributed by atoms with van der Waals surface area (Å²) in [6, 6.07) is 3.77. The van der Waals surface area contributed by atoms with Gasteiger partial charge in [-0.1, -0.05) is 13.0 Å². The number of aromatic nitrogens is 2. The number of carbonyl (C=O) groups is 1. The van der Waals surface area contributed by atoms with Crippen LogP contribution in [0.4, 0.5) is 0 Å². The standard InChI is InChI=1S/C10H10N2O3S/c1-6(5-8(13)14)9-11-12-10(15-9)7-3-2-4-16-7/h2-4,6H,5H2,1H3,(H,13,14). The SMILES string of the molecule is CC(CC(=O)O)c1nnc(-c2cccs2)o1. The lowest BCUT2D eigenvalue weighted by Gasteiger charge is -2.00. The van der Waals surface area contributed by atoms with Crippen molar-refractivity contribution >= 4 is 17.3 Å². The van der Waals surface area contributed by atoms with E-state index in [2.05, 4.69) is 10.2 Å². The van der Waals surface area contributed by atoms with Crippen molar-refractivity contribution in [2.24, 2.45) is 0 Å². The minimum atomic E-state index is -0.872. The summed E-state index contributed by atoms with van der Waals surface area (Å²) in [4.78, 5) is 11.4. The van der Waals surface area contributed by atoms with Crippen LogP contribution in [-0.4, -0.2) is 21.3 Å². The third-order valence-electron chi connectivity index (χ3n) is 2.07. The van der Waals surface area contributed by atoms with E-state index in [1.165, 1.54) is 11.3 Å². The largest absolute Gasteiger partial charge is 0.481 e. The Bertz CT molecular complexity index is 478. The molecular weight excluding hydrogens is 228 g/mol. The van der Waals surface area contributed by atoms with Crippen LogP contribution >= 0.6 is 11.3 Å². The fourth-order valence-electron chi connectivity index (χ4n) is 1.28. The molecule has 5 nitrogen and oxygen atoms in total. The molecule has 0 amide bonds. The van der Waals surface area contributed by atoms with Gasteiger partial charge in [0.15, 0.2) is 0 Å². The zero-order chi connectivity index (χ0) is 11.5. The summed E-state index contributed by atoms with van der Waals surface area (Å²) in [6.07, 6.45) is -0.00786. The Hall–Kier alpha value is -1.69. The lowest BCUT2D eigenvalue weighted by molar-refractivity contribution is -0.137. The first-order valence-electron chi connectivity index (χ1n) is 4.76. The number of thiophene rings is 1. The van der Waals surface area contributed by atoms with E-state index in [0.29, 0.717) is 11.8 Å². The summed E-state index contributed by atoms with van der Waals surface area (Å²) in [5.74, 6) is -0.324. The number of hydrogen-bond donors (Lipinski definition) is 1. The number of nitrogens with zero attached hydrogens (tertiary/aromatic N) is 2. The van der Waals surface area contributed by atoms with Gasteiger partial charge < -0.3 is 9.52 Å². The second-order valence-electron chi connectivity index (χ2n) is 3.42. The molecule has 0 saturated heterocycles. The van der Waals surface area contributed by atoms with Crippen LogP contribution in [0.1, 0.15) is 25.2 Å². The first-order valence-corrected chi connectivity index (χ1v) is 5.64. The van der Waals surface area contributed by atoms with Crippen LogP contribution in [0.5, 0.6) is 0 Å². The van der Waals surface area contributed by atoms with Crippen LogP contribution in [0.25, 0.3) is 10.8 Å². The van der Waals surface area contributed by atoms with Gasteiger partial charge in [-0.3, -0.25) is 4.79 Å². The number of carboxylic acid groups (broad SMARTS) is 1.